The zero-order valence-electron chi connectivity index (χ0n) is 9.87. The smallest absolute Gasteiger partial charge is 0.335 e. The van der Waals surface area contributed by atoms with E-state index in [1.54, 1.807) is 33.8 Å². The average Bonchev–Trinajstić information content (AvgIpc) is 1.97. The maximum Gasteiger partial charge on any atom is 0.335 e. The number of carboxylic acids is 2. The van der Waals surface area contributed by atoms with Crippen LogP contribution in [0.2, 0.25) is 0 Å². The van der Waals surface area contributed by atoms with E-state index in [9.17, 15) is 14.7 Å². The monoisotopic (exact) mass is 224 g/mol. The van der Waals surface area contributed by atoms with Gasteiger partial charge in [-0.2, -0.15) is 0 Å². The van der Waals surface area contributed by atoms with Crippen LogP contribution in [-0.4, -0.2) is 22.2 Å². The molecular weight excluding hydrogens is 208 g/mol. The lowest BCUT2D eigenvalue weighted by Crippen LogP contribution is -2.35. The highest BCUT2D eigenvalue weighted by Crippen LogP contribution is 2.42. The molecule has 0 bridgehead atoms. The normalized spacial score (nSPS) is 24.0. The predicted octanol–water partition coefficient (Wildman–Crippen LogP) is 2.07. The van der Waals surface area contributed by atoms with Crippen molar-refractivity contribution >= 4 is 11.9 Å². The van der Waals surface area contributed by atoms with Gasteiger partial charge in [0.2, 0.25) is 0 Å². The fourth-order valence-electron chi connectivity index (χ4n) is 2.57. The van der Waals surface area contributed by atoms with Gasteiger partial charge >= 0.3 is 11.9 Å². The zero-order chi connectivity index (χ0) is 12.7. The van der Waals surface area contributed by atoms with Crippen LogP contribution in [0.5, 0.6) is 0 Å². The number of carboxylic acid groups (broad SMARTS) is 2. The zero-order valence-corrected chi connectivity index (χ0v) is 9.87. The van der Waals surface area contributed by atoms with Crippen LogP contribution in [0.25, 0.3) is 0 Å². The van der Waals surface area contributed by atoms with E-state index in [4.69, 9.17) is 5.11 Å². The molecule has 0 aromatic carbocycles. The van der Waals surface area contributed by atoms with Gasteiger partial charge in [0.1, 0.15) is 0 Å². The standard InChI is InChI=1S/C12H16O4/c1-6-5-12(3,4)9(11(15)16)7(2)8(6)10(13)14/h5,9H,1-4H3,(H,13,14)(H,15,16). The second-order valence-corrected chi connectivity index (χ2v) is 4.78. The summed E-state index contributed by atoms with van der Waals surface area (Å²) in [6, 6.07) is 0. The SMILES string of the molecule is CC1=CC(C)(C)C(C(=O)O)C(C)=C1C(=O)O. The molecule has 4 heteroatoms. The molecule has 0 fully saturated rings. The number of allylic oxidation sites excluding steroid dienone is 1. The van der Waals surface area contributed by atoms with E-state index in [1.165, 1.54) is 0 Å². The Morgan fingerprint density at radius 2 is 1.75 bits per heavy atom. The lowest BCUT2D eigenvalue weighted by Gasteiger charge is -2.34. The van der Waals surface area contributed by atoms with Gasteiger partial charge in [-0.05, 0) is 25.0 Å². The van der Waals surface area contributed by atoms with Crippen LogP contribution in [0.3, 0.4) is 0 Å². The Labute approximate surface area is 94.3 Å². The molecule has 1 aliphatic carbocycles. The van der Waals surface area contributed by atoms with Crippen molar-refractivity contribution in [3.05, 3.63) is 22.8 Å². The molecule has 0 aliphatic heterocycles. The molecule has 0 heterocycles. The van der Waals surface area contributed by atoms with Crippen molar-refractivity contribution in [1.82, 2.24) is 0 Å². The molecule has 1 unspecified atom stereocenters. The van der Waals surface area contributed by atoms with Crippen LogP contribution in [0.4, 0.5) is 0 Å². The summed E-state index contributed by atoms with van der Waals surface area (Å²) < 4.78 is 0. The molecule has 0 aromatic heterocycles. The molecule has 0 aromatic rings. The molecule has 1 atom stereocenters. The van der Waals surface area contributed by atoms with Crippen molar-refractivity contribution in [1.29, 1.82) is 0 Å². The van der Waals surface area contributed by atoms with Crippen LogP contribution < -0.4 is 0 Å². The Kier molecular flexibility index (Phi) is 2.95. The summed E-state index contributed by atoms with van der Waals surface area (Å²) in [5, 5.41) is 18.2. The van der Waals surface area contributed by atoms with Crippen LogP contribution in [0.1, 0.15) is 27.7 Å². The summed E-state index contributed by atoms with van der Waals surface area (Å²) >= 11 is 0. The number of carbonyl (C=O) groups is 2. The third kappa shape index (κ3) is 1.87. The van der Waals surface area contributed by atoms with Crippen LogP contribution in [0, 0.1) is 11.3 Å². The fraction of sp³-hybridized carbons (Fsp3) is 0.500. The van der Waals surface area contributed by atoms with Crippen LogP contribution in [-0.2, 0) is 9.59 Å². The minimum absolute atomic E-state index is 0.131. The van der Waals surface area contributed by atoms with E-state index in [1.807, 2.05) is 0 Å². The average molecular weight is 224 g/mol. The number of hydrogen-bond donors (Lipinski definition) is 2. The fourth-order valence-corrected chi connectivity index (χ4v) is 2.57. The molecule has 0 amide bonds. The van der Waals surface area contributed by atoms with E-state index in [-0.39, 0.29) is 5.57 Å². The van der Waals surface area contributed by atoms with E-state index in [0.29, 0.717) is 11.1 Å². The molecule has 1 aliphatic rings. The van der Waals surface area contributed by atoms with Gasteiger partial charge in [0, 0.05) is 5.41 Å². The Morgan fingerprint density at radius 3 is 2.12 bits per heavy atom. The second-order valence-electron chi connectivity index (χ2n) is 4.78. The first-order valence-electron chi connectivity index (χ1n) is 5.05. The lowest BCUT2D eigenvalue weighted by atomic mass is 9.68. The predicted molar refractivity (Wildman–Crippen MR) is 59.0 cm³/mol. The quantitative estimate of drug-likeness (QED) is 0.753. The number of hydrogen-bond acceptors (Lipinski definition) is 2. The number of rotatable bonds is 2. The summed E-state index contributed by atoms with van der Waals surface area (Å²) in [6.07, 6.45) is 1.72. The van der Waals surface area contributed by atoms with E-state index in [0.717, 1.165) is 0 Å². The Balaban J connectivity index is 3.41. The van der Waals surface area contributed by atoms with E-state index >= 15 is 0 Å². The van der Waals surface area contributed by atoms with Gasteiger partial charge < -0.3 is 10.2 Å². The van der Waals surface area contributed by atoms with Gasteiger partial charge in [-0.15, -0.1) is 0 Å². The lowest BCUT2D eigenvalue weighted by molar-refractivity contribution is -0.143. The van der Waals surface area contributed by atoms with Crippen molar-refractivity contribution < 1.29 is 19.8 Å². The minimum atomic E-state index is -1.06. The van der Waals surface area contributed by atoms with Crippen LogP contribution in [0.15, 0.2) is 22.8 Å². The maximum absolute atomic E-state index is 11.2. The molecule has 0 radical (unpaired) electrons. The summed E-state index contributed by atoms with van der Waals surface area (Å²) in [5.74, 6) is -2.82. The van der Waals surface area contributed by atoms with Crippen molar-refractivity contribution in [2.24, 2.45) is 11.3 Å². The first-order valence-corrected chi connectivity index (χ1v) is 5.05. The highest BCUT2D eigenvalue weighted by atomic mass is 16.4. The van der Waals surface area contributed by atoms with E-state index < -0.39 is 23.3 Å². The minimum Gasteiger partial charge on any atom is -0.481 e. The molecule has 0 spiro atoms. The Bertz CT molecular complexity index is 413. The third-order valence-electron chi connectivity index (χ3n) is 3.02. The van der Waals surface area contributed by atoms with E-state index in [2.05, 4.69) is 0 Å². The maximum atomic E-state index is 11.2. The second kappa shape index (κ2) is 3.77. The number of aliphatic carboxylic acids is 2. The summed E-state index contributed by atoms with van der Waals surface area (Å²) in [6.45, 7) is 6.89. The molecule has 1 rings (SSSR count). The van der Waals surface area contributed by atoms with Crippen molar-refractivity contribution in [2.75, 3.05) is 0 Å². The largest absolute Gasteiger partial charge is 0.481 e. The van der Waals surface area contributed by atoms with Crippen molar-refractivity contribution in [3.8, 4) is 0 Å². The van der Waals surface area contributed by atoms with Gasteiger partial charge in [0.25, 0.3) is 0 Å². The summed E-state index contributed by atoms with van der Waals surface area (Å²) in [7, 11) is 0. The first-order chi connectivity index (χ1) is 7.18. The first kappa shape index (κ1) is 12.5. The van der Waals surface area contributed by atoms with Gasteiger partial charge in [-0.1, -0.05) is 19.9 Å². The summed E-state index contributed by atoms with van der Waals surface area (Å²) in [5.41, 5.74) is 0.628. The summed E-state index contributed by atoms with van der Waals surface area (Å²) in [4.78, 5) is 22.3. The topological polar surface area (TPSA) is 74.6 Å². The van der Waals surface area contributed by atoms with Gasteiger partial charge in [-0.25, -0.2) is 4.79 Å². The highest BCUT2D eigenvalue weighted by molar-refractivity contribution is 5.95. The van der Waals surface area contributed by atoms with Crippen molar-refractivity contribution in [3.63, 3.8) is 0 Å². The third-order valence-corrected chi connectivity index (χ3v) is 3.02. The molecule has 0 saturated heterocycles. The van der Waals surface area contributed by atoms with Gasteiger partial charge in [0.05, 0.1) is 11.5 Å². The molecule has 2 N–H and O–H groups in total. The molecule has 4 nitrogen and oxygen atoms in total. The van der Waals surface area contributed by atoms with Crippen molar-refractivity contribution in [2.45, 2.75) is 27.7 Å². The molecule has 88 valence electrons. The molecular formula is C12H16O4. The molecule has 16 heavy (non-hydrogen) atoms. The van der Waals surface area contributed by atoms with Crippen LogP contribution >= 0.6 is 0 Å². The van der Waals surface area contributed by atoms with Gasteiger partial charge in [-0.3, -0.25) is 4.79 Å². The molecule has 0 saturated carbocycles. The Hall–Kier alpha value is -1.58. The Morgan fingerprint density at radius 1 is 1.25 bits per heavy atom. The van der Waals surface area contributed by atoms with Gasteiger partial charge in [0.15, 0.2) is 0 Å². The highest BCUT2D eigenvalue weighted by Gasteiger charge is 2.40.